The fraction of sp³-hybridized carbons (Fsp3) is 0.455. The van der Waals surface area contributed by atoms with Crippen LogP contribution in [-0.4, -0.2) is 54.3 Å². The van der Waals surface area contributed by atoms with E-state index in [0.717, 1.165) is 25.3 Å². The lowest BCUT2D eigenvalue weighted by atomic mass is 10.1. The summed E-state index contributed by atoms with van der Waals surface area (Å²) in [5, 5.41) is 0.284. The molecule has 0 aliphatic heterocycles. The van der Waals surface area contributed by atoms with Crippen LogP contribution in [0.2, 0.25) is 5.02 Å². The second-order valence-electron chi connectivity index (χ2n) is 7.83. The third-order valence-corrected chi connectivity index (χ3v) is 5.53. The van der Waals surface area contributed by atoms with Gasteiger partial charge >= 0.3 is 6.61 Å². The van der Waals surface area contributed by atoms with Crippen molar-refractivity contribution in [3.05, 3.63) is 34.2 Å². The molecule has 0 saturated heterocycles. The molecule has 0 bridgehead atoms. The first-order chi connectivity index (χ1) is 15.8. The van der Waals surface area contributed by atoms with Gasteiger partial charge in [0.25, 0.3) is 0 Å². The predicted molar refractivity (Wildman–Crippen MR) is 121 cm³/mol. The molecule has 178 valence electrons. The molecule has 1 fully saturated rings. The van der Waals surface area contributed by atoms with Crippen LogP contribution in [0.4, 0.5) is 24.7 Å². The molecule has 11 heteroatoms. The summed E-state index contributed by atoms with van der Waals surface area (Å²) < 4.78 is 42.9. The average molecular weight is 484 g/mol. The Bertz CT molecular complexity index is 1020. The van der Waals surface area contributed by atoms with Crippen molar-refractivity contribution in [3.63, 3.8) is 0 Å². The number of aldehydes is 1. The van der Waals surface area contributed by atoms with Gasteiger partial charge in [0.2, 0.25) is 0 Å². The van der Waals surface area contributed by atoms with Crippen LogP contribution in [0.3, 0.4) is 0 Å². The van der Waals surface area contributed by atoms with Gasteiger partial charge < -0.3 is 15.4 Å². The van der Waals surface area contributed by atoms with Gasteiger partial charge in [0, 0.05) is 25.1 Å². The van der Waals surface area contributed by atoms with Crippen molar-refractivity contribution in [1.82, 2.24) is 14.9 Å². The van der Waals surface area contributed by atoms with Crippen molar-refractivity contribution in [2.75, 3.05) is 25.9 Å². The maximum atomic E-state index is 14.8. The van der Waals surface area contributed by atoms with Crippen molar-refractivity contribution in [2.24, 2.45) is 4.99 Å². The molecule has 0 unspecified atom stereocenters. The molecule has 0 spiro atoms. The lowest BCUT2D eigenvalue weighted by molar-refractivity contribution is -0.129. The molecular formula is C22H25ClF3N5O2. The van der Waals surface area contributed by atoms with Gasteiger partial charge in [-0.15, -0.1) is 0 Å². The molecule has 2 N–H and O–H groups in total. The molecule has 1 aliphatic carbocycles. The van der Waals surface area contributed by atoms with Crippen LogP contribution in [-0.2, 0) is 4.74 Å². The zero-order chi connectivity index (χ0) is 24.0. The molecule has 33 heavy (non-hydrogen) atoms. The third kappa shape index (κ3) is 6.88. The minimum Gasteiger partial charge on any atom is -0.382 e. The molecule has 7 nitrogen and oxygen atoms in total. The number of nitrogens with two attached hydrogens (primary N) is 1. The molecule has 1 heterocycles. The van der Waals surface area contributed by atoms with Gasteiger partial charge in [-0.2, -0.15) is 8.78 Å². The Morgan fingerprint density at radius 2 is 2.06 bits per heavy atom. The van der Waals surface area contributed by atoms with Gasteiger partial charge in [-0.1, -0.05) is 11.6 Å². The van der Waals surface area contributed by atoms with Gasteiger partial charge in [0.15, 0.2) is 12.1 Å². The Balaban J connectivity index is 1.73. The van der Waals surface area contributed by atoms with E-state index in [1.54, 1.807) is 11.9 Å². The van der Waals surface area contributed by atoms with Gasteiger partial charge in [0.05, 0.1) is 29.9 Å². The first-order valence-corrected chi connectivity index (χ1v) is 10.9. The Kier molecular flexibility index (Phi) is 8.62. The van der Waals surface area contributed by atoms with Gasteiger partial charge in [-0.25, -0.2) is 19.4 Å². The number of nitrogen functional groups attached to an aromatic ring is 1. The highest BCUT2D eigenvalue weighted by Gasteiger charge is 2.30. The standard InChI is InChI=1S/C22H25ClF3N5O2/c1-31(7-3-2-4-8-33-22(25)26)12-28-17-10-15(16(24)9-14(17)11-32)21-29-19(13-5-6-13)18(23)20(27)30-21/h9-13,22H,2-8H2,1H3,(H2,27,29,30). The van der Waals surface area contributed by atoms with Crippen LogP contribution in [0.15, 0.2) is 17.1 Å². The lowest BCUT2D eigenvalue weighted by Crippen LogP contribution is -2.17. The van der Waals surface area contributed by atoms with E-state index < -0.39 is 12.4 Å². The van der Waals surface area contributed by atoms with E-state index in [2.05, 4.69) is 19.7 Å². The first-order valence-electron chi connectivity index (χ1n) is 10.6. The molecular weight excluding hydrogens is 459 g/mol. The topological polar surface area (TPSA) is 93.7 Å². The fourth-order valence-electron chi connectivity index (χ4n) is 3.22. The SMILES string of the molecule is CN(C=Nc1cc(-c2nc(N)c(Cl)c(C3CC3)n2)c(F)cc1C=O)CCCCCOC(F)F. The number of carbonyl (C=O) groups excluding carboxylic acids is 1. The molecule has 0 amide bonds. The summed E-state index contributed by atoms with van der Waals surface area (Å²) in [4.78, 5) is 26.1. The van der Waals surface area contributed by atoms with E-state index >= 15 is 0 Å². The summed E-state index contributed by atoms with van der Waals surface area (Å²) >= 11 is 6.22. The summed E-state index contributed by atoms with van der Waals surface area (Å²) in [6.07, 6.45) is 5.89. The molecule has 1 saturated carbocycles. The van der Waals surface area contributed by atoms with E-state index in [1.807, 2.05) is 0 Å². The summed E-state index contributed by atoms with van der Waals surface area (Å²) in [5.74, 6) is -0.318. The van der Waals surface area contributed by atoms with Crippen molar-refractivity contribution >= 4 is 35.7 Å². The van der Waals surface area contributed by atoms with Gasteiger partial charge in [-0.05, 0) is 44.2 Å². The number of hydrogen-bond acceptors (Lipinski definition) is 6. The number of ether oxygens (including phenoxy) is 1. The van der Waals surface area contributed by atoms with Crippen molar-refractivity contribution in [2.45, 2.75) is 44.6 Å². The molecule has 1 aromatic heterocycles. The largest absolute Gasteiger partial charge is 0.382 e. The molecule has 1 aliphatic rings. The monoisotopic (exact) mass is 483 g/mol. The van der Waals surface area contributed by atoms with Crippen LogP contribution >= 0.6 is 11.6 Å². The highest BCUT2D eigenvalue weighted by molar-refractivity contribution is 6.33. The minimum atomic E-state index is -2.75. The number of unbranched alkanes of at least 4 members (excludes halogenated alkanes) is 2. The van der Waals surface area contributed by atoms with Crippen molar-refractivity contribution in [3.8, 4) is 11.4 Å². The van der Waals surface area contributed by atoms with Crippen LogP contribution in [0, 0.1) is 5.82 Å². The zero-order valence-corrected chi connectivity index (χ0v) is 18.9. The smallest absolute Gasteiger partial charge is 0.345 e. The normalized spacial score (nSPS) is 13.8. The number of anilines is 1. The van der Waals surface area contributed by atoms with E-state index in [-0.39, 0.29) is 46.0 Å². The van der Waals surface area contributed by atoms with Crippen LogP contribution < -0.4 is 5.73 Å². The van der Waals surface area contributed by atoms with Gasteiger partial charge in [0.1, 0.15) is 16.7 Å². The number of halogens is 4. The van der Waals surface area contributed by atoms with Crippen LogP contribution in [0.25, 0.3) is 11.4 Å². The quantitative estimate of drug-likeness (QED) is 0.193. The summed E-state index contributed by atoms with van der Waals surface area (Å²) in [6.45, 7) is -2.12. The number of hydrogen-bond donors (Lipinski definition) is 1. The second kappa shape index (κ2) is 11.4. The highest BCUT2D eigenvalue weighted by Crippen LogP contribution is 2.44. The van der Waals surface area contributed by atoms with E-state index in [1.165, 1.54) is 12.4 Å². The molecule has 1 aromatic carbocycles. The number of benzene rings is 1. The molecule has 0 atom stereocenters. The van der Waals surface area contributed by atoms with E-state index in [4.69, 9.17) is 17.3 Å². The van der Waals surface area contributed by atoms with Crippen molar-refractivity contribution in [1.29, 1.82) is 0 Å². The number of aliphatic imine (C=N–C) groups is 1. The highest BCUT2D eigenvalue weighted by atomic mass is 35.5. The first kappa shape index (κ1) is 24.9. The van der Waals surface area contributed by atoms with E-state index in [0.29, 0.717) is 31.4 Å². The molecule has 3 rings (SSSR count). The summed E-state index contributed by atoms with van der Waals surface area (Å²) in [6, 6.07) is 2.49. The van der Waals surface area contributed by atoms with Crippen LogP contribution in [0.1, 0.15) is 54.1 Å². The Labute approximate surface area is 194 Å². The lowest BCUT2D eigenvalue weighted by Gasteiger charge is -2.13. The third-order valence-electron chi connectivity index (χ3n) is 5.14. The van der Waals surface area contributed by atoms with Gasteiger partial charge in [-0.3, -0.25) is 4.79 Å². The summed E-state index contributed by atoms with van der Waals surface area (Å²) in [5.41, 5.74) is 6.92. The average Bonchev–Trinajstić information content (AvgIpc) is 3.62. The minimum absolute atomic E-state index is 0.0102. The number of carbonyl (C=O) groups is 1. The second-order valence-corrected chi connectivity index (χ2v) is 8.21. The molecule has 0 radical (unpaired) electrons. The van der Waals surface area contributed by atoms with Crippen molar-refractivity contribution < 1.29 is 22.7 Å². The Morgan fingerprint density at radius 1 is 1.30 bits per heavy atom. The predicted octanol–water partition coefficient (Wildman–Crippen LogP) is 5.21. The maximum absolute atomic E-state index is 14.8. The number of nitrogens with zero attached hydrogens (tertiary/aromatic N) is 4. The van der Waals surface area contributed by atoms with Crippen LogP contribution in [0.5, 0.6) is 0 Å². The maximum Gasteiger partial charge on any atom is 0.345 e. The zero-order valence-electron chi connectivity index (χ0n) is 18.1. The Morgan fingerprint density at radius 3 is 2.73 bits per heavy atom. The fourth-order valence-corrected chi connectivity index (χ4v) is 3.45. The molecule has 2 aromatic rings. The number of alkyl halides is 2. The Hall–Kier alpha value is -2.72. The summed E-state index contributed by atoms with van der Waals surface area (Å²) in [7, 11) is 1.79. The number of aromatic nitrogens is 2. The number of rotatable bonds is 12. The van der Waals surface area contributed by atoms with E-state index in [9.17, 15) is 18.0 Å².